The summed E-state index contributed by atoms with van der Waals surface area (Å²) in [5, 5.41) is 5.32. The van der Waals surface area contributed by atoms with Gasteiger partial charge in [0.15, 0.2) is 0 Å². The fourth-order valence-electron chi connectivity index (χ4n) is 2.60. The van der Waals surface area contributed by atoms with Crippen LogP contribution in [0.25, 0.3) is 0 Å². The molecule has 1 saturated heterocycles. The molecule has 1 aromatic carbocycles. The molecule has 1 heterocycles. The topological polar surface area (TPSA) is 114 Å². The zero-order valence-electron chi connectivity index (χ0n) is 15.1. The number of imide groups is 1. The number of halogens is 1. The molecular weight excluding hydrogens is 360 g/mol. The predicted molar refractivity (Wildman–Crippen MR) is 99.1 cm³/mol. The molecule has 26 heavy (non-hydrogen) atoms. The molecule has 0 radical (unpaired) electrons. The molecule has 0 saturated carbocycles. The number of amides is 4. The summed E-state index contributed by atoms with van der Waals surface area (Å²) >= 11 is 0. The normalized spacial score (nSPS) is 20.2. The van der Waals surface area contributed by atoms with Crippen LogP contribution in [0.2, 0.25) is 0 Å². The summed E-state index contributed by atoms with van der Waals surface area (Å²) in [5.41, 5.74) is 5.02. The maximum atomic E-state index is 12.7. The lowest BCUT2D eigenvalue weighted by Gasteiger charge is -2.22. The molecule has 0 bridgehead atoms. The minimum atomic E-state index is -1.21. The summed E-state index contributed by atoms with van der Waals surface area (Å²) in [4.78, 5) is 37.8. The van der Waals surface area contributed by atoms with Gasteiger partial charge in [-0.25, -0.2) is 4.79 Å². The van der Waals surface area contributed by atoms with Crippen molar-refractivity contribution in [1.29, 1.82) is 0 Å². The van der Waals surface area contributed by atoms with E-state index in [4.69, 9.17) is 10.5 Å². The number of methoxy groups -OCH3 is 1. The van der Waals surface area contributed by atoms with Crippen LogP contribution in [0.3, 0.4) is 0 Å². The van der Waals surface area contributed by atoms with Gasteiger partial charge in [0.25, 0.3) is 5.91 Å². The van der Waals surface area contributed by atoms with Gasteiger partial charge in [-0.05, 0) is 38.0 Å². The molecule has 9 heteroatoms. The quantitative estimate of drug-likeness (QED) is 0.600. The lowest BCUT2D eigenvalue weighted by molar-refractivity contribution is -0.134. The highest BCUT2D eigenvalue weighted by atomic mass is 35.5. The van der Waals surface area contributed by atoms with Gasteiger partial charge in [-0.3, -0.25) is 14.5 Å². The van der Waals surface area contributed by atoms with Crippen molar-refractivity contribution in [3.05, 3.63) is 29.8 Å². The lowest BCUT2D eigenvalue weighted by atomic mass is 9.92. The van der Waals surface area contributed by atoms with Gasteiger partial charge in [0.05, 0.1) is 7.11 Å². The van der Waals surface area contributed by atoms with Gasteiger partial charge in [0.1, 0.15) is 17.8 Å². The highest BCUT2D eigenvalue weighted by molar-refractivity contribution is 6.09. The van der Waals surface area contributed by atoms with Crippen LogP contribution in [-0.2, 0) is 15.1 Å². The Balaban J connectivity index is 0.00000338. The van der Waals surface area contributed by atoms with E-state index in [1.807, 2.05) is 6.92 Å². The van der Waals surface area contributed by atoms with E-state index in [1.165, 1.54) is 0 Å². The monoisotopic (exact) mass is 384 g/mol. The Labute approximate surface area is 158 Å². The van der Waals surface area contributed by atoms with Crippen LogP contribution in [0.15, 0.2) is 24.3 Å². The summed E-state index contributed by atoms with van der Waals surface area (Å²) in [6.45, 7) is 3.53. The average molecular weight is 385 g/mol. The van der Waals surface area contributed by atoms with Crippen molar-refractivity contribution >= 4 is 30.3 Å². The summed E-state index contributed by atoms with van der Waals surface area (Å²) in [6.07, 6.45) is 0.620. The van der Waals surface area contributed by atoms with E-state index >= 15 is 0 Å². The molecular formula is C17H25ClN4O4. The van der Waals surface area contributed by atoms with Gasteiger partial charge >= 0.3 is 6.03 Å². The molecule has 2 atom stereocenters. The van der Waals surface area contributed by atoms with Gasteiger partial charge in [-0.1, -0.05) is 12.1 Å². The van der Waals surface area contributed by atoms with Crippen LogP contribution in [-0.4, -0.2) is 49.0 Å². The van der Waals surface area contributed by atoms with Crippen molar-refractivity contribution in [3.8, 4) is 5.75 Å². The maximum Gasteiger partial charge on any atom is 0.325 e. The SMILES string of the molecule is COc1ccc(C2(C)NC(=O)N(CC(=O)NCCC(C)N)C2=O)cc1.Cl. The van der Waals surface area contributed by atoms with Crippen LogP contribution >= 0.6 is 12.4 Å². The number of nitrogens with zero attached hydrogens (tertiary/aromatic N) is 1. The van der Waals surface area contributed by atoms with Crippen LogP contribution in [0.4, 0.5) is 4.79 Å². The summed E-state index contributed by atoms with van der Waals surface area (Å²) in [7, 11) is 1.55. The van der Waals surface area contributed by atoms with Gasteiger partial charge in [0, 0.05) is 12.6 Å². The molecule has 8 nitrogen and oxygen atoms in total. The van der Waals surface area contributed by atoms with Crippen LogP contribution in [0, 0.1) is 0 Å². The predicted octanol–water partition coefficient (Wildman–Crippen LogP) is 0.738. The number of ether oxygens (including phenoxy) is 1. The van der Waals surface area contributed by atoms with Crippen LogP contribution < -0.4 is 21.1 Å². The van der Waals surface area contributed by atoms with E-state index in [1.54, 1.807) is 38.3 Å². The zero-order valence-corrected chi connectivity index (χ0v) is 15.9. The van der Waals surface area contributed by atoms with Crippen molar-refractivity contribution in [3.63, 3.8) is 0 Å². The standard InChI is InChI=1S/C17H24N4O4.ClH/c1-11(18)8-9-19-14(22)10-21-15(23)17(2,20-16(21)24)12-4-6-13(25-3)7-5-12;/h4-7,11H,8-10,18H2,1-3H3,(H,19,22)(H,20,24);1H. The second-order valence-corrected chi connectivity index (χ2v) is 6.29. The molecule has 4 amide bonds. The third kappa shape index (κ3) is 4.64. The number of carbonyl (C=O) groups excluding carboxylic acids is 3. The van der Waals surface area contributed by atoms with Gasteiger partial charge in [-0.15, -0.1) is 12.4 Å². The van der Waals surface area contributed by atoms with Gasteiger partial charge < -0.3 is 21.1 Å². The summed E-state index contributed by atoms with van der Waals surface area (Å²) in [6, 6.07) is 6.22. The van der Waals surface area contributed by atoms with Crippen molar-refractivity contribution < 1.29 is 19.1 Å². The Morgan fingerprint density at radius 1 is 1.35 bits per heavy atom. The highest BCUT2D eigenvalue weighted by Gasteiger charge is 2.49. The molecule has 144 valence electrons. The van der Waals surface area contributed by atoms with E-state index in [2.05, 4.69) is 10.6 Å². The fraction of sp³-hybridized carbons (Fsp3) is 0.471. The number of hydrogen-bond donors (Lipinski definition) is 3. The molecule has 0 aliphatic carbocycles. The Morgan fingerprint density at radius 2 is 1.96 bits per heavy atom. The molecule has 1 aromatic rings. The summed E-state index contributed by atoms with van der Waals surface area (Å²) in [5.74, 6) is -0.220. The van der Waals surface area contributed by atoms with Gasteiger partial charge in [-0.2, -0.15) is 0 Å². The number of urea groups is 1. The third-order valence-corrected chi connectivity index (χ3v) is 4.17. The van der Waals surface area contributed by atoms with E-state index in [-0.39, 0.29) is 25.0 Å². The minimum absolute atomic E-state index is 0. The average Bonchev–Trinajstić information content (AvgIpc) is 2.79. The van der Waals surface area contributed by atoms with Crippen molar-refractivity contribution in [2.75, 3.05) is 20.2 Å². The first-order valence-corrected chi connectivity index (χ1v) is 8.09. The Kier molecular flexibility index (Phi) is 7.41. The van der Waals surface area contributed by atoms with Crippen LogP contribution in [0.1, 0.15) is 25.8 Å². The largest absolute Gasteiger partial charge is 0.497 e. The van der Waals surface area contributed by atoms with Crippen molar-refractivity contribution in [1.82, 2.24) is 15.5 Å². The number of nitrogens with one attached hydrogen (secondary N) is 2. The number of nitrogens with two attached hydrogens (primary N) is 1. The fourth-order valence-corrected chi connectivity index (χ4v) is 2.60. The number of rotatable bonds is 7. The number of hydrogen-bond acceptors (Lipinski definition) is 5. The molecule has 1 fully saturated rings. The second kappa shape index (κ2) is 8.86. The van der Waals surface area contributed by atoms with E-state index in [9.17, 15) is 14.4 Å². The second-order valence-electron chi connectivity index (χ2n) is 6.29. The zero-order chi connectivity index (χ0) is 18.6. The van der Waals surface area contributed by atoms with E-state index < -0.39 is 23.4 Å². The van der Waals surface area contributed by atoms with E-state index in [0.717, 1.165) is 4.90 Å². The first-order chi connectivity index (χ1) is 11.8. The first kappa shape index (κ1) is 21.7. The van der Waals surface area contributed by atoms with Crippen LogP contribution in [0.5, 0.6) is 5.75 Å². The molecule has 0 spiro atoms. The molecule has 1 aliphatic heterocycles. The van der Waals surface area contributed by atoms with E-state index in [0.29, 0.717) is 24.3 Å². The molecule has 0 aromatic heterocycles. The number of carbonyl (C=O) groups is 3. The molecule has 2 rings (SSSR count). The summed E-state index contributed by atoms with van der Waals surface area (Å²) < 4.78 is 5.10. The molecule has 4 N–H and O–H groups in total. The third-order valence-electron chi connectivity index (χ3n) is 4.17. The Morgan fingerprint density at radius 3 is 2.50 bits per heavy atom. The Bertz CT molecular complexity index is 665. The number of benzene rings is 1. The molecule has 1 aliphatic rings. The van der Waals surface area contributed by atoms with Crippen molar-refractivity contribution in [2.24, 2.45) is 5.73 Å². The highest BCUT2D eigenvalue weighted by Crippen LogP contribution is 2.29. The Hall–Kier alpha value is -2.32. The smallest absolute Gasteiger partial charge is 0.325 e. The van der Waals surface area contributed by atoms with Crippen molar-refractivity contribution in [2.45, 2.75) is 31.8 Å². The van der Waals surface area contributed by atoms with Gasteiger partial charge in [0.2, 0.25) is 5.91 Å². The first-order valence-electron chi connectivity index (χ1n) is 8.09. The lowest BCUT2D eigenvalue weighted by Crippen LogP contribution is -2.43. The minimum Gasteiger partial charge on any atom is -0.497 e. The maximum absolute atomic E-state index is 12.7. The molecule has 2 unspecified atom stereocenters.